The average molecular weight is 362 g/mol. The van der Waals surface area contributed by atoms with Crippen molar-refractivity contribution in [3.8, 4) is 5.75 Å². The van der Waals surface area contributed by atoms with Crippen molar-refractivity contribution in [2.75, 3.05) is 20.2 Å². The molecule has 4 nitrogen and oxygen atoms in total. The van der Waals surface area contributed by atoms with Crippen LogP contribution in [-0.2, 0) is 0 Å². The van der Waals surface area contributed by atoms with Crippen LogP contribution in [0.3, 0.4) is 0 Å². The van der Waals surface area contributed by atoms with Gasteiger partial charge in [0, 0.05) is 36.6 Å². The molecule has 2 aliphatic rings. The molecule has 2 fully saturated rings. The zero-order valence-corrected chi connectivity index (χ0v) is 15.0. The first-order chi connectivity index (χ1) is 12.4. The van der Waals surface area contributed by atoms with Crippen molar-refractivity contribution >= 4 is 10.9 Å². The van der Waals surface area contributed by atoms with Crippen LogP contribution in [0.5, 0.6) is 5.75 Å². The van der Waals surface area contributed by atoms with E-state index in [9.17, 15) is 13.9 Å². The van der Waals surface area contributed by atoms with E-state index < -0.39 is 17.9 Å². The first kappa shape index (κ1) is 17.6. The Balaban J connectivity index is 1.65. The first-order valence-corrected chi connectivity index (χ1v) is 9.11. The van der Waals surface area contributed by atoms with E-state index >= 15 is 0 Å². The molecule has 0 aliphatic carbocycles. The summed E-state index contributed by atoms with van der Waals surface area (Å²) in [6.45, 7) is 2.01. The molecule has 1 aromatic carbocycles. The van der Waals surface area contributed by atoms with Gasteiger partial charge in [0.15, 0.2) is 0 Å². The number of rotatable bonds is 4. The number of piperidine rings is 1. The predicted octanol–water partition coefficient (Wildman–Crippen LogP) is 3.64. The first-order valence-electron chi connectivity index (χ1n) is 9.11. The maximum Gasteiger partial charge on any atom is 0.249 e. The van der Waals surface area contributed by atoms with Crippen LogP contribution in [0.25, 0.3) is 10.9 Å². The van der Waals surface area contributed by atoms with Crippen molar-refractivity contribution in [3.63, 3.8) is 0 Å². The molecule has 0 saturated carbocycles. The van der Waals surface area contributed by atoms with Gasteiger partial charge in [-0.05, 0) is 55.5 Å². The number of hydrogen-bond acceptors (Lipinski definition) is 4. The number of methoxy groups -OCH3 is 1. The van der Waals surface area contributed by atoms with E-state index in [1.165, 1.54) is 0 Å². The van der Waals surface area contributed by atoms with Gasteiger partial charge in [0.2, 0.25) is 5.92 Å². The summed E-state index contributed by atoms with van der Waals surface area (Å²) in [6, 6.07) is 7.26. The minimum Gasteiger partial charge on any atom is -0.497 e. The van der Waals surface area contributed by atoms with Crippen molar-refractivity contribution in [1.29, 1.82) is 0 Å². The number of hydrogen-bond donors (Lipinski definition) is 1. The highest BCUT2D eigenvalue weighted by Gasteiger charge is 2.50. The molecule has 0 radical (unpaired) electrons. The zero-order valence-electron chi connectivity index (χ0n) is 15.0. The van der Waals surface area contributed by atoms with Crippen LogP contribution < -0.4 is 4.74 Å². The topological polar surface area (TPSA) is 45.6 Å². The molecule has 6 heteroatoms. The summed E-state index contributed by atoms with van der Waals surface area (Å²) in [4.78, 5) is 6.41. The Bertz CT molecular complexity index is 808. The Morgan fingerprint density at radius 3 is 2.81 bits per heavy atom. The highest BCUT2D eigenvalue weighted by molar-refractivity contribution is 5.83. The number of aliphatic hydroxyl groups excluding tert-OH is 1. The number of benzene rings is 1. The average Bonchev–Trinajstić information content (AvgIpc) is 2.97. The van der Waals surface area contributed by atoms with E-state index in [0.29, 0.717) is 18.8 Å². The number of aromatic nitrogens is 1. The third-order valence-electron chi connectivity index (χ3n) is 6.09. The van der Waals surface area contributed by atoms with E-state index in [0.717, 1.165) is 36.2 Å². The summed E-state index contributed by atoms with van der Waals surface area (Å²) < 4.78 is 33.1. The molecule has 2 saturated heterocycles. The molecule has 4 rings (SSSR count). The SMILES string of the molecule is COc1ccc2nccc([C@H](O)[C@H]3CCC4CN3C[C@@H]4C(C)(F)F)c2c1. The number of pyridine rings is 1. The predicted molar refractivity (Wildman–Crippen MR) is 95.5 cm³/mol. The van der Waals surface area contributed by atoms with Crippen LogP contribution in [-0.4, -0.2) is 47.2 Å². The van der Waals surface area contributed by atoms with Crippen LogP contribution in [0.2, 0.25) is 0 Å². The van der Waals surface area contributed by atoms with Gasteiger partial charge in [-0.2, -0.15) is 0 Å². The fraction of sp³-hybridized carbons (Fsp3) is 0.550. The molecule has 26 heavy (non-hydrogen) atoms. The minimum atomic E-state index is -2.67. The van der Waals surface area contributed by atoms with Gasteiger partial charge in [-0.15, -0.1) is 0 Å². The fourth-order valence-electron chi connectivity index (χ4n) is 4.71. The Labute approximate surface area is 151 Å². The molecule has 2 bridgehead atoms. The van der Waals surface area contributed by atoms with E-state index in [-0.39, 0.29) is 12.0 Å². The van der Waals surface area contributed by atoms with E-state index in [2.05, 4.69) is 4.98 Å². The number of halogens is 2. The molecular formula is C20H24F2N2O2. The molecule has 5 atom stereocenters. The van der Waals surface area contributed by atoms with E-state index in [4.69, 9.17) is 4.74 Å². The Kier molecular flexibility index (Phi) is 4.35. The van der Waals surface area contributed by atoms with Crippen LogP contribution in [0, 0.1) is 11.8 Å². The van der Waals surface area contributed by atoms with Crippen molar-refractivity contribution in [2.24, 2.45) is 11.8 Å². The number of aliphatic hydroxyl groups is 1. The van der Waals surface area contributed by atoms with Gasteiger partial charge in [0.05, 0.1) is 18.7 Å². The van der Waals surface area contributed by atoms with Gasteiger partial charge in [-0.3, -0.25) is 9.88 Å². The third kappa shape index (κ3) is 2.95. The highest BCUT2D eigenvalue weighted by atomic mass is 19.3. The van der Waals surface area contributed by atoms with Crippen molar-refractivity contribution in [2.45, 2.75) is 37.8 Å². The molecule has 2 unspecified atom stereocenters. The van der Waals surface area contributed by atoms with Gasteiger partial charge >= 0.3 is 0 Å². The number of fused-ring (bicyclic) bond motifs is 3. The number of ether oxygens (including phenoxy) is 1. The van der Waals surface area contributed by atoms with Gasteiger partial charge < -0.3 is 9.84 Å². The fourth-order valence-corrected chi connectivity index (χ4v) is 4.71. The normalized spacial score (nSPS) is 29.7. The van der Waals surface area contributed by atoms with Crippen molar-refractivity contribution in [3.05, 3.63) is 36.0 Å². The maximum atomic E-state index is 13.9. The molecule has 3 heterocycles. The molecule has 0 amide bonds. The smallest absolute Gasteiger partial charge is 0.249 e. The molecule has 1 N–H and O–H groups in total. The van der Waals surface area contributed by atoms with Gasteiger partial charge in [-0.25, -0.2) is 8.78 Å². The zero-order chi connectivity index (χ0) is 18.5. The summed E-state index contributed by atoms with van der Waals surface area (Å²) in [6.07, 6.45) is 2.41. The number of alkyl halides is 2. The quantitative estimate of drug-likeness (QED) is 0.902. The van der Waals surface area contributed by atoms with Crippen LogP contribution in [0.1, 0.15) is 31.4 Å². The van der Waals surface area contributed by atoms with E-state index in [1.54, 1.807) is 13.3 Å². The lowest BCUT2D eigenvalue weighted by atomic mass is 9.84. The second kappa shape index (κ2) is 6.43. The summed E-state index contributed by atoms with van der Waals surface area (Å²) in [5, 5.41) is 12.0. The maximum absolute atomic E-state index is 13.9. The molecule has 1 aromatic heterocycles. The van der Waals surface area contributed by atoms with Crippen molar-refractivity contribution < 1.29 is 18.6 Å². The largest absolute Gasteiger partial charge is 0.497 e. The Hall–Kier alpha value is -1.79. The van der Waals surface area contributed by atoms with Crippen LogP contribution >= 0.6 is 0 Å². The van der Waals surface area contributed by atoms with Gasteiger partial charge in [0.1, 0.15) is 5.75 Å². The van der Waals surface area contributed by atoms with E-state index in [1.807, 2.05) is 29.2 Å². The molecular weight excluding hydrogens is 338 g/mol. The summed E-state index contributed by atoms with van der Waals surface area (Å²) >= 11 is 0. The van der Waals surface area contributed by atoms with Gasteiger partial charge in [0.25, 0.3) is 0 Å². The Morgan fingerprint density at radius 1 is 1.27 bits per heavy atom. The summed E-state index contributed by atoms with van der Waals surface area (Å²) in [5.74, 6) is -2.56. The third-order valence-corrected chi connectivity index (χ3v) is 6.09. The molecule has 2 aromatic rings. The lowest BCUT2D eigenvalue weighted by Crippen LogP contribution is -2.41. The molecule has 140 valence electrons. The lowest BCUT2D eigenvalue weighted by Gasteiger charge is -2.36. The van der Waals surface area contributed by atoms with Crippen LogP contribution in [0.15, 0.2) is 30.5 Å². The second-order valence-corrected chi connectivity index (χ2v) is 7.65. The minimum absolute atomic E-state index is 0.0210. The Morgan fingerprint density at radius 2 is 2.08 bits per heavy atom. The van der Waals surface area contributed by atoms with Gasteiger partial charge in [-0.1, -0.05) is 0 Å². The number of nitrogens with zero attached hydrogens (tertiary/aromatic N) is 2. The monoisotopic (exact) mass is 362 g/mol. The highest BCUT2D eigenvalue weighted by Crippen LogP contribution is 2.45. The second-order valence-electron chi connectivity index (χ2n) is 7.65. The summed E-state index contributed by atoms with van der Waals surface area (Å²) in [7, 11) is 1.60. The van der Waals surface area contributed by atoms with Crippen LogP contribution in [0.4, 0.5) is 8.78 Å². The lowest BCUT2D eigenvalue weighted by molar-refractivity contribution is -0.0491. The van der Waals surface area contributed by atoms with Crippen molar-refractivity contribution in [1.82, 2.24) is 9.88 Å². The standard InChI is InChI=1S/C20H24F2N2O2/c1-20(21,22)16-11-24-10-12(16)3-6-18(24)19(25)14-7-8-23-17-5-4-13(26-2)9-15(14)17/h4-5,7-9,12,16,18-19,25H,3,6,10-11H2,1-2H3/t12?,16-,18+,19-/m0/s1. The molecule has 2 aliphatic heterocycles. The summed E-state index contributed by atoms with van der Waals surface area (Å²) in [5.41, 5.74) is 1.57. The molecule has 0 spiro atoms.